The van der Waals surface area contributed by atoms with Gasteiger partial charge in [0.05, 0.1) is 0 Å². The van der Waals surface area contributed by atoms with Crippen LogP contribution < -0.4 is 11.1 Å². The number of rotatable bonds is 6. The summed E-state index contributed by atoms with van der Waals surface area (Å²) in [4.78, 5) is 16.3. The van der Waals surface area contributed by atoms with Gasteiger partial charge >= 0.3 is 0 Å². The molecular formula is C14H20N6O. The van der Waals surface area contributed by atoms with Gasteiger partial charge in [0.25, 0.3) is 5.91 Å². The largest absolute Gasteiger partial charge is 0.384 e. The summed E-state index contributed by atoms with van der Waals surface area (Å²) in [7, 11) is 1.87. The third-order valence-corrected chi connectivity index (χ3v) is 3.11. The number of nitrogens with two attached hydrogens (primary N) is 1. The molecule has 0 aliphatic rings. The van der Waals surface area contributed by atoms with Gasteiger partial charge < -0.3 is 15.6 Å². The average molecular weight is 288 g/mol. The summed E-state index contributed by atoms with van der Waals surface area (Å²) in [6.07, 6.45) is 4.04. The molecule has 0 radical (unpaired) electrons. The number of pyridine rings is 1. The van der Waals surface area contributed by atoms with E-state index >= 15 is 0 Å². The molecule has 2 aromatic heterocycles. The maximum absolute atomic E-state index is 12.1. The first-order valence-electron chi connectivity index (χ1n) is 6.97. The van der Waals surface area contributed by atoms with Crippen molar-refractivity contribution < 1.29 is 4.79 Å². The quantitative estimate of drug-likeness (QED) is 0.816. The van der Waals surface area contributed by atoms with Crippen LogP contribution in [0.25, 0.3) is 0 Å². The highest BCUT2D eigenvalue weighted by atomic mass is 16.1. The first kappa shape index (κ1) is 15.0. The van der Waals surface area contributed by atoms with Crippen LogP contribution in [0.5, 0.6) is 0 Å². The molecular weight excluding hydrogens is 268 g/mol. The SMILES string of the molecule is CCCc1cc(C(=O)NCCc2nncn2C)cc(N)n1. The van der Waals surface area contributed by atoms with Crippen molar-refractivity contribution in [3.05, 3.63) is 35.5 Å². The van der Waals surface area contributed by atoms with Gasteiger partial charge in [0.2, 0.25) is 0 Å². The highest BCUT2D eigenvalue weighted by molar-refractivity contribution is 5.94. The minimum atomic E-state index is -0.149. The van der Waals surface area contributed by atoms with Crippen molar-refractivity contribution in [1.82, 2.24) is 25.1 Å². The lowest BCUT2D eigenvalue weighted by Gasteiger charge is -2.07. The highest BCUT2D eigenvalue weighted by Gasteiger charge is 2.09. The van der Waals surface area contributed by atoms with Gasteiger partial charge in [-0.2, -0.15) is 0 Å². The summed E-state index contributed by atoms with van der Waals surface area (Å²) in [5.74, 6) is 1.05. The minimum absolute atomic E-state index is 0.149. The molecule has 0 aromatic carbocycles. The van der Waals surface area contributed by atoms with Gasteiger partial charge in [-0.05, 0) is 18.6 Å². The van der Waals surface area contributed by atoms with E-state index in [0.717, 1.165) is 24.4 Å². The molecule has 0 bridgehead atoms. The van der Waals surface area contributed by atoms with Gasteiger partial charge in [-0.15, -0.1) is 10.2 Å². The number of amides is 1. The van der Waals surface area contributed by atoms with Crippen LogP contribution in [-0.2, 0) is 19.9 Å². The van der Waals surface area contributed by atoms with Gasteiger partial charge in [0.1, 0.15) is 18.0 Å². The molecule has 3 N–H and O–H groups in total. The molecule has 7 nitrogen and oxygen atoms in total. The van der Waals surface area contributed by atoms with Crippen molar-refractivity contribution in [3.63, 3.8) is 0 Å². The number of nitrogens with one attached hydrogen (secondary N) is 1. The van der Waals surface area contributed by atoms with Crippen LogP contribution in [0.1, 0.15) is 35.2 Å². The lowest BCUT2D eigenvalue weighted by Crippen LogP contribution is -2.26. The number of nitrogen functional groups attached to an aromatic ring is 1. The summed E-state index contributed by atoms with van der Waals surface area (Å²) >= 11 is 0. The fourth-order valence-electron chi connectivity index (χ4n) is 2.05. The smallest absolute Gasteiger partial charge is 0.251 e. The molecule has 2 rings (SSSR count). The second kappa shape index (κ2) is 6.83. The van der Waals surface area contributed by atoms with Crippen molar-refractivity contribution >= 4 is 11.7 Å². The number of carbonyl (C=O) groups is 1. The molecule has 112 valence electrons. The van der Waals surface area contributed by atoms with E-state index in [-0.39, 0.29) is 5.91 Å². The molecule has 1 amide bonds. The third-order valence-electron chi connectivity index (χ3n) is 3.11. The zero-order valence-corrected chi connectivity index (χ0v) is 12.3. The average Bonchev–Trinajstić information content (AvgIpc) is 2.84. The van der Waals surface area contributed by atoms with E-state index in [1.165, 1.54) is 0 Å². The van der Waals surface area contributed by atoms with Crippen molar-refractivity contribution in [1.29, 1.82) is 0 Å². The molecule has 0 saturated heterocycles. The van der Waals surface area contributed by atoms with Gasteiger partial charge in [-0.3, -0.25) is 4.79 Å². The second-order valence-corrected chi connectivity index (χ2v) is 4.89. The standard InChI is InChI=1S/C14H20N6O/c1-3-4-11-7-10(8-12(15)18-11)14(21)16-6-5-13-19-17-9-20(13)2/h7-9H,3-6H2,1-2H3,(H2,15,18)(H,16,21). The molecule has 0 aliphatic heterocycles. The van der Waals surface area contributed by atoms with E-state index in [1.807, 2.05) is 11.6 Å². The Balaban J connectivity index is 1.95. The predicted molar refractivity (Wildman–Crippen MR) is 79.7 cm³/mol. The number of hydrogen-bond donors (Lipinski definition) is 2. The summed E-state index contributed by atoms with van der Waals surface area (Å²) in [5.41, 5.74) is 7.13. The molecule has 0 saturated carbocycles. The van der Waals surface area contributed by atoms with Gasteiger partial charge in [-0.25, -0.2) is 4.98 Å². The number of aromatic nitrogens is 4. The van der Waals surface area contributed by atoms with Crippen molar-refractivity contribution in [2.24, 2.45) is 7.05 Å². The van der Waals surface area contributed by atoms with Crippen LogP contribution >= 0.6 is 0 Å². The molecule has 7 heteroatoms. The predicted octanol–water partition coefficient (Wildman–Crippen LogP) is 0.717. The number of anilines is 1. The van der Waals surface area contributed by atoms with Crippen molar-refractivity contribution in [2.45, 2.75) is 26.2 Å². The fourth-order valence-corrected chi connectivity index (χ4v) is 2.05. The van der Waals surface area contributed by atoms with Crippen LogP contribution in [0.4, 0.5) is 5.82 Å². The normalized spacial score (nSPS) is 10.6. The van der Waals surface area contributed by atoms with E-state index < -0.39 is 0 Å². The van der Waals surface area contributed by atoms with Crippen molar-refractivity contribution in [3.8, 4) is 0 Å². The fraction of sp³-hybridized carbons (Fsp3) is 0.429. The Labute approximate surface area is 123 Å². The molecule has 2 heterocycles. The number of aryl methyl sites for hydroxylation is 2. The Hall–Kier alpha value is -2.44. The first-order valence-corrected chi connectivity index (χ1v) is 6.97. The lowest BCUT2D eigenvalue weighted by atomic mass is 10.1. The third kappa shape index (κ3) is 4.01. The summed E-state index contributed by atoms with van der Waals surface area (Å²) in [6, 6.07) is 3.38. The van der Waals surface area contributed by atoms with E-state index in [4.69, 9.17) is 5.73 Å². The van der Waals surface area contributed by atoms with Gasteiger partial charge in [0, 0.05) is 31.3 Å². The Morgan fingerprint density at radius 1 is 1.38 bits per heavy atom. The Bertz CT molecular complexity index is 622. The molecule has 0 unspecified atom stereocenters. The number of nitrogens with zero attached hydrogens (tertiary/aromatic N) is 4. The Kier molecular flexibility index (Phi) is 4.86. The highest BCUT2D eigenvalue weighted by Crippen LogP contribution is 2.09. The van der Waals surface area contributed by atoms with Gasteiger partial charge in [0.15, 0.2) is 0 Å². The summed E-state index contributed by atoms with van der Waals surface area (Å²) < 4.78 is 1.83. The zero-order chi connectivity index (χ0) is 15.2. The number of carbonyl (C=O) groups excluding carboxylic acids is 1. The van der Waals surface area contributed by atoms with Crippen LogP contribution in [-0.4, -0.2) is 32.2 Å². The zero-order valence-electron chi connectivity index (χ0n) is 12.3. The van der Waals surface area contributed by atoms with E-state index in [0.29, 0.717) is 24.3 Å². The molecule has 0 spiro atoms. The monoisotopic (exact) mass is 288 g/mol. The van der Waals surface area contributed by atoms with Crippen LogP contribution in [0.15, 0.2) is 18.5 Å². The maximum Gasteiger partial charge on any atom is 0.251 e. The van der Waals surface area contributed by atoms with Crippen LogP contribution in [0, 0.1) is 0 Å². The summed E-state index contributed by atoms with van der Waals surface area (Å²) in [6.45, 7) is 2.56. The van der Waals surface area contributed by atoms with E-state index in [2.05, 4.69) is 27.4 Å². The Morgan fingerprint density at radius 2 is 2.19 bits per heavy atom. The van der Waals surface area contributed by atoms with E-state index in [1.54, 1.807) is 18.5 Å². The first-order chi connectivity index (χ1) is 10.1. The molecule has 0 aliphatic carbocycles. The van der Waals surface area contributed by atoms with Crippen molar-refractivity contribution in [2.75, 3.05) is 12.3 Å². The molecule has 0 atom stereocenters. The number of hydrogen-bond acceptors (Lipinski definition) is 5. The van der Waals surface area contributed by atoms with Crippen LogP contribution in [0.2, 0.25) is 0 Å². The van der Waals surface area contributed by atoms with Crippen LogP contribution in [0.3, 0.4) is 0 Å². The molecule has 2 aromatic rings. The van der Waals surface area contributed by atoms with E-state index in [9.17, 15) is 4.79 Å². The maximum atomic E-state index is 12.1. The summed E-state index contributed by atoms with van der Waals surface area (Å²) in [5, 5.41) is 10.6. The Morgan fingerprint density at radius 3 is 2.86 bits per heavy atom. The molecule has 21 heavy (non-hydrogen) atoms. The second-order valence-electron chi connectivity index (χ2n) is 4.89. The molecule has 0 fully saturated rings. The lowest BCUT2D eigenvalue weighted by molar-refractivity contribution is 0.0953. The minimum Gasteiger partial charge on any atom is -0.384 e. The van der Waals surface area contributed by atoms with Gasteiger partial charge in [-0.1, -0.05) is 13.3 Å². The topological polar surface area (TPSA) is 98.7 Å².